The third-order valence-corrected chi connectivity index (χ3v) is 4.39. The summed E-state index contributed by atoms with van der Waals surface area (Å²) in [5.41, 5.74) is 0. The number of amides is 1. The average molecular weight is 237 g/mol. The molecule has 3 unspecified atom stereocenters. The number of carbonyl (C=O) groups is 1. The molecule has 17 heavy (non-hydrogen) atoms. The minimum atomic E-state index is -0.0406. The molecule has 1 aliphatic carbocycles. The molecule has 2 heterocycles. The van der Waals surface area contributed by atoms with Crippen LogP contribution in [0.3, 0.4) is 0 Å². The minimum absolute atomic E-state index is 0.0406. The zero-order chi connectivity index (χ0) is 11.8. The highest BCUT2D eigenvalue weighted by Crippen LogP contribution is 2.28. The monoisotopic (exact) mass is 237 g/mol. The fourth-order valence-electron chi connectivity index (χ4n) is 3.23. The number of nitrogens with one attached hydrogen (secondary N) is 2. The molecule has 96 valence electrons. The van der Waals surface area contributed by atoms with Crippen molar-refractivity contribution >= 4 is 5.91 Å². The third-order valence-electron chi connectivity index (χ3n) is 4.39. The van der Waals surface area contributed by atoms with Gasteiger partial charge in [0.05, 0.1) is 6.04 Å². The molecule has 0 radical (unpaired) electrons. The molecule has 0 spiro atoms. The molecule has 0 aromatic heterocycles. The van der Waals surface area contributed by atoms with Gasteiger partial charge >= 0.3 is 0 Å². The third kappa shape index (κ3) is 2.47. The molecule has 1 amide bonds. The average Bonchev–Trinajstić information content (AvgIpc) is 2.87. The van der Waals surface area contributed by atoms with Crippen LogP contribution in [0.25, 0.3) is 0 Å². The second kappa shape index (κ2) is 4.58. The number of hydrogen-bond acceptors (Lipinski definition) is 3. The maximum atomic E-state index is 11.9. The number of fused-ring (bicyclic) bond motifs is 1. The van der Waals surface area contributed by atoms with Gasteiger partial charge in [0.25, 0.3) is 0 Å². The summed E-state index contributed by atoms with van der Waals surface area (Å²) in [6.07, 6.45) is 6.16. The topological polar surface area (TPSA) is 44.4 Å². The molecule has 0 aromatic rings. The van der Waals surface area contributed by atoms with E-state index in [1.165, 1.54) is 32.4 Å². The predicted octanol–water partition coefficient (Wildman–Crippen LogP) is 0.480. The Morgan fingerprint density at radius 2 is 2.06 bits per heavy atom. The van der Waals surface area contributed by atoms with Crippen molar-refractivity contribution in [1.29, 1.82) is 0 Å². The van der Waals surface area contributed by atoms with E-state index in [0.717, 1.165) is 12.8 Å². The van der Waals surface area contributed by atoms with E-state index in [9.17, 15) is 4.79 Å². The summed E-state index contributed by atoms with van der Waals surface area (Å²) in [5.74, 6) is 0.184. The number of nitrogens with zero attached hydrogens (tertiary/aromatic N) is 1. The Kier molecular flexibility index (Phi) is 3.09. The highest BCUT2D eigenvalue weighted by Gasteiger charge is 2.38. The van der Waals surface area contributed by atoms with Gasteiger partial charge in [-0.3, -0.25) is 9.69 Å². The van der Waals surface area contributed by atoms with E-state index in [2.05, 4.69) is 15.5 Å². The van der Waals surface area contributed by atoms with Gasteiger partial charge in [0.2, 0.25) is 5.91 Å². The van der Waals surface area contributed by atoms with E-state index in [-0.39, 0.29) is 11.9 Å². The molecule has 2 aliphatic heterocycles. The Hall–Kier alpha value is -0.610. The maximum Gasteiger partial charge on any atom is 0.237 e. The zero-order valence-corrected chi connectivity index (χ0v) is 10.6. The first-order chi connectivity index (χ1) is 8.24. The van der Waals surface area contributed by atoms with E-state index < -0.39 is 0 Å². The van der Waals surface area contributed by atoms with Gasteiger partial charge in [-0.2, -0.15) is 0 Å². The van der Waals surface area contributed by atoms with Crippen LogP contribution in [0.5, 0.6) is 0 Å². The largest absolute Gasteiger partial charge is 0.352 e. The number of carbonyl (C=O) groups excluding carboxylic acids is 1. The normalized spacial score (nSPS) is 34.6. The molecule has 3 rings (SSSR count). The SMILES string of the molecule is CC(NC1CCN2CCCC12)C(=O)NC1CC1. The van der Waals surface area contributed by atoms with Gasteiger partial charge in [-0.05, 0) is 45.6 Å². The first kappa shape index (κ1) is 11.5. The second-order valence-electron chi connectivity index (χ2n) is 5.81. The lowest BCUT2D eigenvalue weighted by Crippen LogP contribution is -2.50. The molecule has 2 N–H and O–H groups in total. The minimum Gasteiger partial charge on any atom is -0.352 e. The first-order valence-corrected chi connectivity index (χ1v) is 7.04. The van der Waals surface area contributed by atoms with Crippen LogP contribution < -0.4 is 10.6 Å². The summed E-state index contributed by atoms with van der Waals surface area (Å²) in [5, 5.41) is 6.60. The van der Waals surface area contributed by atoms with Gasteiger partial charge < -0.3 is 10.6 Å². The summed E-state index contributed by atoms with van der Waals surface area (Å²) in [6, 6.07) is 1.64. The van der Waals surface area contributed by atoms with Crippen LogP contribution in [0.4, 0.5) is 0 Å². The van der Waals surface area contributed by atoms with Crippen molar-refractivity contribution < 1.29 is 4.79 Å². The summed E-state index contributed by atoms with van der Waals surface area (Å²) in [4.78, 5) is 14.5. The fourth-order valence-corrected chi connectivity index (χ4v) is 3.23. The van der Waals surface area contributed by atoms with Crippen molar-refractivity contribution in [2.24, 2.45) is 0 Å². The Labute approximate surface area is 103 Å². The predicted molar refractivity (Wildman–Crippen MR) is 66.8 cm³/mol. The maximum absolute atomic E-state index is 11.9. The van der Waals surface area contributed by atoms with Gasteiger partial charge in [-0.1, -0.05) is 0 Å². The standard InChI is InChI=1S/C13H23N3O/c1-9(13(17)15-10-4-5-10)14-11-6-8-16-7-2-3-12(11)16/h9-12,14H,2-8H2,1H3,(H,15,17). The van der Waals surface area contributed by atoms with Crippen LogP contribution in [0.2, 0.25) is 0 Å². The van der Waals surface area contributed by atoms with Crippen LogP contribution in [-0.2, 0) is 4.79 Å². The van der Waals surface area contributed by atoms with Crippen molar-refractivity contribution in [2.75, 3.05) is 13.1 Å². The van der Waals surface area contributed by atoms with Gasteiger partial charge in [-0.15, -0.1) is 0 Å². The molecule has 0 aromatic carbocycles. The van der Waals surface area contributed by atoms with Crippen LogP contribution in [0.15, 0.2) is 0 Å². The molecule has 0 bridgehead atoms. The fraction of sp³-hybridized carbons (Fsp3) is 0.923. The molecule has 3 fully saturated rings. The smallest absolute Gasteiger partial charge is 0.237 e. The Morgan fingerprint density at radius 1 is 1.24 bits per heavy atom. The van der Waals surface area contributed by atoms with Crippen LogP contribution in [0, 0.1) is 0 Å². The number of rotatable bonds is 4. The molecule has 2 saturated heterocycles. The van der Waals surface area contributed by atoms with Crippen molar-refractivity contribution in [2.45, 2.75) is 63.2 Å². The quantitative estimate of drug-likeness (QED) is 0.747. The zero-order valence-electron chi connectivity index (χ0n) is 10.6. The Bertz CT molecular complexity index is 303. The van der Waals surface area contributed by atoms with Crippen LogP contribution in [0.1, 0.15) is 39.0 Å². The van der Waals surface area contributed by atoms with E-state index in [1.807, 2.05) is 6.92 Å². The van der Waals surface area contributed by atoms with E-state index in [4.69, 9.17) is 0 Å². The summed E-state index contributed by atoms with van der Waals surface area (Å²) in [7, 11) is 0. The van der Waals surface area contributed by atoms with Gasteiger partial charge in [0.15, 0.2) is 0 Å². The van der Waals surface area contributed by atoms with Crippen LogP contribution >= 0.6 is 0 Å². The Morgan fingerprint density at radius 3 is 2.82 bits per heavy atom. The Balaban J connectivity index is 1.50. The highest BCUT2D eigenvalue weighted by atomic mass is 16.2. The van der Waals surface area contributed by atoms with Gasteiger partial charge in [0, 0.05) is 24.7 Å². The van der Waals surface area contributed by atoms with Crippen molar-refractivity contribution in [1.82, 2.24) is 15.5 Å². The molecular formula is C13H23N3O. The summed E-state index contributed by atoms with van der Waals surface area (Å²) in [6.45, 7) is 4.46. The molecule has 4 heteroatoms. The van der Waals surface area contributed by atoms with Crippen molar-refractivity contribution in [3.05, 3.63) is 0 Å². The van der Waals surface area contributed by atoms with Gasteiger partial charge in [-0.25, -0.2) is 0 Å². The second-order valence-corrected chi connectivity index (χ2v) is 5.81. The lowest BCUT2D eigenvalue weighted by Gasteiger charge is -2.24. The van der Waals surface area contributed by atoms with E-state index in [0.29, 0.717) is 18.1 Å². The summed E-state index contributed by atoms with van der Waals surface area (Å²) < 4.78 is 0. The van der Waals surface area contributed by atoms with E-state index >= 15 is 0 Å². The lowest BCUT2D eigenvalue weighted by molar-refractivity contribution is -0.123. The number of hydrogen-bond donors (Lipinski definition) is 2. The molecule has 4 nitrogen and oxygen atoms in total. The first-order valence-electron chi connectivity index (χ1n) is 7.04. The van der Waals surface area contributed by atoms with Crippen LogP contribution in [-0.4, -0.2) is 48.1 Å². The molecule has 3 atom stereocenters. The molecular weight excluding hydrogens is 214 g/mol. The highest BCUT2D eigenvalue weighted by molar-refractivity contribution is 5.81. The van der Waals surface area contributed by atoms with Crippen molar-refractivity contribution in [3.8, 4) is 0 Å². The van der Waals surface area contributed by atoms with E-state index in [1.54, 1.807) is 0 Å². The molecule has 3 aliphatic rings. The van der Waals surface area contributed by atoms with Gasteiger partial charge in [0.1, 0.15) is 0 Å². The summed E-state index contributed by atoms with van der Waals surface area (Å²) >= 11 is 0. The van der Waals surface area contributed by atoms with Crippen molar-refractivity contribution in [3.63, 3.8) is 0 Å². The lowest BCUT2D eigenvalue weighted by atomic mass is 10.1. The molecule has 1 saturated carbocycles.